The summed E-state index contributed by atoms with van der Waals surface area (Å²) >= 11 is 0. The molecular formula is C73H129N9O14S. The van der Waals surface area contributed by atoms with Gasteiger partial charge in [-0.05, 0) is 115 Å². The van der Waals surface area contributed by atoms with Gasteiger partial charge in [-0.25, -0.2) is 0 Å². The lowest BCUT2D eigenvalue weighted by Crippen LogP contribution is -2.64. The molecule has 24 heteroatoms. The third kappa shape index (κ3) is 25.2. The van der Waals surface area contributed by atoms with Crippen molar-refractivity contribution in [3.8, 4) is 0 Å². The van der Waals surface area contributed by atoms with E-state index in [1.54, 1.807) is 75.3 Å². The second kappa shape index (κ2) is 40.0. The predicted octanol–water partition coefficient (Wildman–Crippen LogP) is 5.96. The zero-order chi connectivity index (χ0) is 74.6. The summed E-state index contributed by atoms with van der Waals surface area (Å²) in [7, 11) is 7.39. The van der Waals surface area contributed by atoms with Crippen LogP contribution < -0.4 is 5.32 Å². The van der Waals surface area contributed by atoms with Gasteiger partial charge in [-0.3, -0.25) is 61.8 Å². The van der Waals surface area contributed by atoms with Gasteiger partial charge in [-0.1, -0.05) is 116 Å². The molecule has 2 heterocycles. The first-order valence-corrected chi connectivity index (χ1v) is 37.8. The van der Waals surface area contributed by atoms with Crippen LogP contribution in [0.25, 0.3) is 0 Å². The Hall–Kier alpha value is -5.59. The molecule has 0 saturated carbocycles. The monoisotopic (exact) mass is 1390 g/mol. The first-order valence-electron chi connectivity index (χ1n) is 35.5. The number of carbonyl (C=O) groups is 11. The van der Waals surface area contributed by atoms with Crippen molar-refractivity contribution in [2.45, 2.75) is 229 Å². The van der Waals surface area contributed by atoms with Crippen molar-refractivity contribution >= 4 is 80.0 Å². The lowest BCUT2D eigenvalue weighted by atomic mass is 9.83. The highest BCUT2D eigenvalue weighted by molar-refractivity contribution is 7.99. The number of ketones is 3. The fraction of sp³-hybridized carbons (Fsp3) is 0.808. The van der Waals surface area contributed by atoms with Crippen molar-refractivity contribution < 1.29 is 66.8 Å². The summed E-state index contributed by atoms with van der Waals surface area (Å²) in [4.78, 5) is 177. The number of aliphatic hydroxyl groups excluding tert-OH is 1. The molecule has 0 aromatic rings. The van der Waals surface area contributed by atoms with Gasteiger partial charge < -0.3 is 49.5 Å². The van der Waals surface area contributed by atoms with E-state index in [9.17, 15) is 23.7 Å². The van der Waals surface area contributed by atoms with Gasteiger partial charge in [0.1, 0.15) is 42.0 Å². The molecule has 2 fully saturated rings. The van der Waals surface area contributed by atoms with Gasteiger partial charge in [-0.15, -0.1) is 0 Å². The lowest BCUT2D eigenvalue weighted by molar-refractivity contribution is -0.157. The topological polar surface area (TPSA) is 272 Å². The predicted molar refractivity (Wildman–Crippen MR) is 383 cm³/mol. The molecule has 556 valence electrons. The summed E-state index contributed by atoms with van der Waals surface area (Å²) in [6.07, 6.45) is 3.91. The van der Waals surface area contributed by atoms with Crippen molar-refractivity contribution in [3.63, 3.8) is 0 Å². The summed E-state index contributed by atoms with van der Waals surface area (Å²) in [5.41, 5.74) is 0. The number of aliphatic hydroxyl groups is 1. The summed E-state index contributed by atoms with van der Waals surface area (Å²) in [5, 5.41) is 15.2. The minimum Gasteiger partial charge on any atom is -0.390 e. The number of allylic oxidation sites excluding steroid dienone is 2. The largest absolute Gasteiger partial charge is 0.390 e. The molecule has 8 amide bonds. The van der Waals surface area contributed by atoms with Crippen molar-refractivity contribution in [2.24, 2.45) is 59.2 Å². The Bertz CT molecular complexity index is 2800. The van der Waals surface area contributed by atoms with Gasteiger partial charge >= 0.3 is 0 Å². The zero-order valence-electron chi connectivity index (χ0n) is 63.9. The minimum absolute atomic E-state index is 0.0171. The quantitative estimate of drug-likeness (QED) is 0.105. The van der Waals surface area contributed by atoms with E-state index in [0.29, 0.717) is 45.7 Å². The van der Waals surface area contributed by atoms with E-state index in [2.05, 4.69) is 16.1 Å². The Morgan fingerprint density at radius 1 is 0.557 bits per heavy atom. The van der Waals surface area contributed by atoms with Crippen LogP contribution in [0, 0.1) is 59.2 Å². The third-order valence-electron chi connectivity index (χ3n) is 19.8. The van der Waals surface area contributed by atoms with Crippen molar-refractivity contribution in [2.75, 3.05) is 94.2 Å². The van der Waals surface area contributed by atoms with Crippen LogP contribution in [0.4, 0.5) is 0 Å². The van der Waals surface area contributed by atoms with Crippen molar-refractivity contribution in [1.29, 1.82) is 0 Å². The van der Waals surface area contributed by atoms with E-state index in [1.807, 2.05) is 47.6 Å². The molecule has 0 aromatic heterocycles. The molecule has 2 aliphatic heterocycles. The van der Waals surface area contributed by atoms with Gasteiger partial charge in [0.15, 0.2) is 11.6 Å². The molecule has 15 atom stereocenters. The molecule has 2 rings (SSSR count). The number of likely N-dealkylation sites (N-methyl/N-ethyl adjacent to an activating group) is 7. The van der Waals surface area contributed by atoms with Gasteiger partial charge in [0, 0.05) is 111 Å². The number of nitrogens with zero attached hydrogens (tertiary/aromatic N) is 8. The molecule has 2 unspecified atom stereocenters. The van der Waals surface area contributed by atoms with E-state index in [-0.39, 0.29) is 74.2 Å². The molecule has 0 radical (unpaired) electrons. The first-order chi connectivity index (χ1) is 44.9. The van der Waals surface area contributed by atoms with Gasteiger partial charge in [0.25, 0.3) is 0 Å². The Kier molecular flexibility index (Phi) is 36.1. The van der Waals surface area contributed by atoms with E-state index >= 15 is 38.4 Å². The van der Waals surface area contributed by atoms with Crippen LogP contribution >= 0.6 is 0 Å². The normalized spacial score (nSPS) is 28.2. The third-order valence-corrected chi connectivity index (χ3v) is 21.0. The molecule has 0 aliphatic carbocycles. The molecule has 2 saturated heterocycles. The van der Waals surface area contributed by atoms with Crippen molar-refractivity contribution in [3.05, 3.63) is 12.2 Å². The number of carbonyl (C=O) groups excluding carboxylic acids is 11. The first kappa shape index (κ1) is 87.5. The standard InChI is InChI=1S/C73H129N9O14S/c1-26-28-30-49(13)65(86)64-66(87)74-54(27-2)69(90)75(17)55(31-29-32-82-33-35-96-36-34-82)70(91)80(22)63(52(16)43-97(24,25)95)61(85)42-53(47(9)10)68(89)76(18)56(37-44(3)4)60(84)40-50(14)59(83)41-51(15)67(88)77(19)57(38-45(5)6)71(92)78(20)58(39-46(7)8)72(93)79(21)62(48(11)12)73(94)81(64)23/h26,28,44-58,62-65,86H,24,27,29-43H2,1-23,25H3,(H,74,87)/b28-26+/t49-,50-,51+,52-,53+,54+,55-,56+,57+,58+,62+,63+,64?,65-,97?/m1/s1. The van der Waals surface area contributed by atoms with Crippen LogP contribution in [0.2, 0.25) is 0 Å². The fourth-order valence-electron chi connectivity index (χ4n) is 13.8. The average Bonchev–Trinajstić information content (AvgIpc) is 0.817. The van der Waals surface area contributed by atoms with E-state index in [1.165, 1.54) is 85.0 Å². The van der Waals surface area contributed by atoms with Crippen LogP contribution in [0.15, 0.2) is 12.2 Å². The highest BCUT2D eigenvalue weighted by Gasteiger charge is 2.47. The molecule has 2 aliphatic rings. The van der Waals surface area contributed by atoms with Gasteiger partial charge in [0.05, 0.1) is 31.4 Å². The zero-order valence-corrected chi connectivity index (χ0v) is 64.7. The number of nitrogens with one attached hydrogen (secondary N) is 1. The summed E-state index contributed by atoms with van der Waals surface area (Å²) < 4.78 is 19.2. The highest BCUT2D eigenvalue weighted by Crippen LogP contribution is 2.30. The molecule has 23 nitrogen and oxygen atoms in total. The molecule has 0 spiro atoms. The molecule has 0 bridgehead atoms. The van der Waals surface area contributed by atoms with Crippen LogP contribution in [-0.2, 0) is 67.0 Å². The van der Waals surface area contributed by atoms with E-state index < -0.39 is 171 Å². The van der Waals surface area contributed by atoms with Crippen LogP contribution in [-0.4, -0.2) is 268 Å². The average molecular weight is 1390 g/mol. The van der Waals surface area contributed by atoms with E-state index in [0.717, 1.165) is 4.90 Å². The number of morpholine rings is 1. The second-order valence-electron chi connectivity index (χ2n) is 30.5. The number of amides is 8. The lowest BCUT2D eigenvalue weighted by Gasteiger charge is -2.41. The smallest absolute Gasteiger partial charge is 0.246 e. The number of rotatable bonds is 20. The number of Topliss-reactive ketones (excluding diaryl/α,β-unsaturated/α-hetero) is 3. The minimum atomic E-state index is -2.81. The molecule has 0 aromatic carbocycles. The SMILES string of the molecule is C=S(C)(=O)C[C@@H](C)[C@H]1C(=O)C[C@@H](C(C)C)C(=O)N(C)[C@@H](CC(C)C)C(=O)C[C@@H](C)C(=O)C[C@H](C)C(=O)N(C)[C@@H](CC(C)C)C(=O)N(C)[C@@H](CC(C)C)C(=O)N(C)[C@@H](C(C)C)C(=O)N(C)C([C@H](O)[C@H](C)C/C=C/C)C(=O)N[C@@H](CC)C(=O)N(C)[C@H](CCCN2CCOCC2)C(=O)N1C. The molecule has 97 heavy (non-hydrogen) atoms. The van der Waals surface area contributed by atoms with E-state index in [4.69, 9.17) is 4.74 Å². The Labute approximate surface area is 583 Å². The maximum absolute atomic E-state index is 15.6. The second-order valence-corrected chi connectivity index (χ2v) is 33.2. The summed E-state index contributed by atoms with van der Waals surface area (Å²) in [5.74, 6) is -8.45. The molecule has 2 N–H and O–H groups in total. The summed E-state index contributed by atoms with van der Waals surface area (Å²) in [6, 6.07) is -10.1. The Morgan fingerprint density at radius 3 is 1.49 bits per heavy atom. The van der Waals surface area contributed by atoms with Crippen LogP contribution in [0.3, 0.4) is 0 Å². The number of hydrogen-bond acceptors (Lipinski definition) is 15. The maximum Gasteiger partial charge on any atom is 0.246 e. The Morgan fingerprint density at radius 2 is 1.01 bits per heavy atom. The number of hydrogen-bond donors (Lipinski definition) is 2. The Balaban J connectivity index is 3.17. The van der Waals surface area contributed by atoms with Gasteiger partial charge in [-0.2, -0.15) is 0 Å². The summed E-state index contributed by atoms with van der Waals surface area (Å²) in [6.45, 7) is 31.3. The maximum atomic E-state index is 15.6. The molecular weight excluding hydrogens is 1260 g/mol. The van der Waals surface area contributed by atoms with Crippen LogP contribution in [0.5, 0.6) is 0 Å². The fourth-order valence-corrected chi connectivity index (χ4v) is 15.1. The van der Waals surface area contributed by atoms with Gasteiger partial charge in [0.2, 0.25) is 47.3 Å². The number of ether oxygens (including phenoxy) is 1. The van der Waals surface area contributed by atoms with Crippen LogP contribution in [0.1, 0.15) is 175 Å². The van der Waals surface area contributed by atoms with Crippen molar-refractivity contribution in [1.82, 2.24) is 44.5 Å². The highest BCUT2D eigenvalue weighted by atomic mass is 32.2.